The summed E-state index contributed by atoms with van der Waals surface area (Å²) < 4.78 is 0. The molecule has 0 radical (unpaired) electrons. The quantitative estimate of drug-likeness (QED) is 0.921. The van der Waals surface area contributed by atoms with Crippen molar-refractivity contribution in [3.05, 3.63) is 29.3 Å². The minimum absolute atomic E-state index is 0.245. The lowest BCUT2D eigenvalue weighted by atomic mass is 9.97. The summed E-state index contributed by atoms with van der Waals surface area (Å²) in [7, 11) is 0. The Morgan fingerprint density at radius 3 is 2.82 bits per heavy atom. The van der Waals surface area contributed by atoms with E-state index >= 15 is 0 Å². The summed E-state index contributed by atoms with van der Waals surface area (Å²) in [6, 6.07) is 6.70. The van der Waals surface area contributed by atoms with E-state index in [9.17, 15) is 4.79 Å². The maximum atomic E-state index is 12.1. The minimum atomic E-state index is 0.245. The van der Waals surface area contributed by atoms with Gasteiger partial charge in [0.1, 0.15) is 0 Å². The second-order valence-corrected chi connectivity index (χ2v) is 6.31. The monoisotopic (exact) mass is 301 g/mol. The molecule has 0 aliphatic carbocycles. The van der Waals surface area contributed by atoms with Crippen LogP contribution in [0.15, 0.2) is 18.2 Å². The number of benzene rings is 1. The lowest BCUT2D eigenvalue weighted by Gasteiger charge is -2.30. The highest BCUT2D eigenvalue weighted by Crippen LogP contribution is 2.28. The molecule has 2 aliphatic heterocycles. The van der Waals surface area contributed by atoms with Gasteiger partial charge in [-0.2, -0.15) is 0 Å². The summed E-state index contributed by atoms with van der Waals surface area (Å²) in [6.45, 7) is 8.49. The molecule has 1 saturated heterocycles. The standard InChI is InChI=1S/C18H27N3O/c1-2-18(22)21-10-3-4-16-14-15(5-6-17(16)21)7-11-20-12-8-19-9-13-20/h5-6,14,19H,2-4,7-13H2,1H3. The van der Waals surface area contributed by atoms with E-state index in [-0.39, 0.29) is 5.91 Å². The van der Waals surface area contributed by atoms with Gasteiger partial charge in [-0.3, -0.25) is 4.79 Å². The molecular weight excluding hydrogens is 274 g/mol. The third-order valence-corrected chi connectivity index (χ3v) is 4.79. The van der Waals surface area contributed by atoms with Crippen molar-refractivity contribution in [2.45, 2.75) is 32.6 Å². The lowest BCUT2D eigenvalue weighted by Crippen LogP contribution is -2.44. The molecular formula is C18H27N3O. The summed E-state index contributed by atoms with van der Waals surface area (Å²) in [5, 5.41) is 3.40. The number of amides is 1. The number of nitrogens with one attached hydrogen (secondary N) is 1. The highest BCUT2D eigenvalue weighted by Gasteiger charge is 2.21. The molecule has 1 aromatic carbocycles. The highest BCUT2D eigenvalue weighted by molar-refractivity contribution is 5.94. The third kappa shape index (κ3) is 3.50. The first-order valence-electron chi connectivity index (χ1n) is 8.63. The Hall–Kier alpha value is -1.39. The molecule has 1 aromatic rings. The molecule has 22 heavy (non-hydrogen) atoms. The number of aryl methyl sites for hydroxylation is 1. The number of carbonyl (C=O) groups is 1. The predicted molar refractivity (Wildman–Crippen MR) is 90.4 cm³/mol. The van der Waals surface area contributed by atoms with Gasteiger partial charge in [0.05, 0.1) is 0 Å². The number of rotatable bonds is 4. The van der Waals surface area contributed by atoms with Gasteiger partial charge < -0.3 is 15.1 Å². The molecule has 0 unspecified atom stereocenters. The first-order valence-corrected chi connectivity index (χ1v) is 8.63. The van der Waals surface area contributed by atoms with Crippen LogP contribution in [0.25, 0.3) is 0 Å². The van der Waals surface area contributed by atoms with E-state index in [1.807, 2.05) is 11.8 Å². The summed E-state index contributed by atoms with van der Waals surface area (Å²) in [5.74, 6) is 0.245. The Morgan fingerprint density at radius 2 is 2.05 bits per heavy atom. The van der Waals surface area contributed by atoms with E-state index in [4.69, 9.17) is 0 Å². The van der Waals surface area contributed by atoms with E-state index in [1.54, 1.807) is 0 Å². The van der Waals surface area contributed by atoms with Crippen molar-refractivity contribution < 1.29 is 4.79 Å². The van der Waals surface area contributed by atoms with Crippen molar-refractivity contribution in [3.8, 4) is 0 Å². The van der Waals surface area contributed by atoms with Gasteiger partial charge in [0, 0.05) is 51.4 Å². The molecule has 0 aromatic heterocycles. The molecule has 2 aliphatic rings. The minimum Gasteiger partial charge on any atom is -0.314 e. The van der Waals surface area contributed by atoms with E-state index in [0.29, 0.717) is 6.42 Å². The highest BCUT2D eigenvalue weighted by atomic mass is 16.2. The predicted octanol–water partition coefficient (Wildman–Crippen LogP) is 1.82. The lowest BCUT2D eigenvalue weighted by molar-refractivity contribution is -0.118. The topological polar surface area (TPSA) is 35.6 Å². The van der Waals surface area contributed by atoms with Crippen LogP contribution in [0.4, 0.5) is 5.69 Å². The van der Waals surface area contributed by atoms with Gasteiger partial charge in [0.15, 0.2) is 0 Å². The van der Waals surface area contributed by atoms with Crippen LogP contribution in [-0.2, 0) is 17.6 Å². The van der Waals surface area contributed by atoms with Crippen LogP contribution in [0.2, 0.25) is 0 Å². The number of carbonyl (C=O) groups excluding carboxylic acids is 1. The van der Waals surface area contributed by atoms with Crippen molar-refractivity contribution in [3.63, 3.8) is 0 Å². The Balaban J connectivity index is 1.66. The van der Waals surface area contributed by atoms with Crippen LogP contribution in [0.5, 0.6) is 0 Å². The fourth-order valence-corrected chi connectivity index (χ4v) is 3.48. The number of hydrogen-bond donors (Lipinski definition) is 1. The molecule has 3 rings (SSSR count). The average molecular weight is 301 g/mol. The maximum absolute atomic E-state index is 12.1. The number of nitrogens with zero attached hydrogens (tertiary/aromatic N) is 2. The van der Waals surface area contributed by atoms with Crippen molar-refractivity contribution in [1.29, 1.82) is 0 Å². The van der Waals surface area contributed by atoms with Crippen molar-refractivity contribution in [2.24, 2.45) is 0 Å². The smallest absolute Gasteiger partial charge is 0.226 e. The molecule has 0 saturated carbocycles. The fourth-order valence-electron chi connectivity index (χ4n) is 3.48. The maximum Gasteiger partial charge on any atom is 0.226 e. The van der Waals surface area contributed by atoms with E-state index in [0.717, 1.165) is 64.2 Å². The van der Waals surface area contributed by atoms with E-state index in [2.05, 4.69) is 28.4 Å². The number of piperazine rings is 1. The molecule has 0 spiro atoms. The van der Waals surface area contributed by atoms with Gasteiger partial charge >= 0.3 is 0 Å². The summed E-state index contributed by atoms with van der Waals surface area (Å²) in [4.78, 5) is 16.6. The summed E-state index contributed by atoms with van der Waals surface area (Å²) in [6.07, 6.45) is 3.88. The van der Waals surface area contributed by atoms with Crippen LogP contribution in [0.3, 0.4) is 0 Å². The first kappa shape index (κ1) is 15.5. The Bertz CT molecular complexity index is 523. The van der Waals surface area contributed by atoms with Gasteiger partial charge in [-0.1, -0.05) is 19.1 Å². The zero-order valence-corrected chi connectivity index (χ0v) is 13.6. The van der Waals surface area contributed by atoms with Gasteiger partial charge in [0.2, 0.25) is 5.91 Å². The molecule has 2 heterocycles. The average Bonchev–Trinajstić information content (AvgIpc) is 2.59. The molecule has 0 atom stereocenters. The van der Waals surface area contributed by atoms with E-state index < -0.39 is 0 Å². The SMILES string of the molecule is CCC(=O)N1CCCc2cc(CCN3CCNCC3)ccc21. The second kappa shape index (κ2) is 7.25. The Morgan fingerprint density at radius 1 is 1.23 bits per heavy atom. The molecule has 120 valence electrons. The fraction of sp³-hybridized carbons (Fsp3) is 0.611. The molecule has 4 nitrogen and oxygen atoms in total. The summed E-state index contributed by atoms with van der Waals surface area (Å²) in [5.41, 5.74) is 3.90. The third-order valence-electron chi connectivity index (χ3n) is 4.79. The zero-order chi connectivity index (χ0) is 15.4. The van der Waals surface area contributed by atoms with Gasteiger partial charge in [0.25, 0.3) is 0 Å². The molecule has 4 heteroatoms. The van der Waals surface area contributed by atoms with Crippen LogP contribution in [-0.4, -0.2) is 50.1 Å². The van der Waals surface area contributed by atoms with Crippen LogP contribution in [0, 0.1) is 0 Å². The van der Waals surface area contributed by atoms with Crippen LogP contribution >= 0.6 is 0 Å². The number of anilines is 1. The second-order valence-electron chi connectivity index (χ2n) is 6.31. The molecule has 1 N–H and O–H groups in total. The van der Waals surface area contributed by atoms with Crippen molar-refractivity contribution in [2.75, 3.05) is 44.2 Å². The van der Waals surface area contributed by atoms with E-state index in [1.165, 1.54) is 11.1 Å². The Labute approximate surface area is 133 Å². The van der Waals surface area contributed by atoms with Gasteiger partial charge in [-0.25, -0.2) is 0 Å². The normalized spacial score (nSPS) is 19.0. The summed E-state index contributed by atoms with van der Waals surface area (Å²) >= 11 is 0. The van der Waals surface area contributed by atoms with Gasteiger partial charge in [-0.05, 0) is 36.5 Å². The zero-order valence-electron chi connectivity index (χ0n) is 13.6. The molecule has 1 fully saturated rings. The van der Waals surface area contributed by atoms with Crippen LogP contribution < -0.4 is 10.2 Å². The Kier molecular flexibility index (Phi) is 5.11. The largest absolute Gasteiger partial charge is 0.314 e. The van der Waals surface area contributed by atoms with Crippen molar-refractivity contribution in [1.82, 2.24) is 10.2 Å². The molecule has 1 amide bonds. The first-order chi connectivity index (χ1) is 10.8. The molecule has 0 bridgehead atoms. The number of fused-ring (bicyclic) bond motifs is 1. The number of hydrogen-bond acceptors (Lipinski definition) is 3. The van der Waals surface area contributed by atoms with Crippen molar-refractivity contribution >= 4 is 11.6 Å². The van der Waals surface area contributed by atoms with Gasteiger partial charge in [-0.15, -0.1) is 0 Å². The van der Waals surface area contributed by atoms with Crippen LogP contribution in [0.1, 0.15) is 30.9 Å².